The van der Waals surface area contributed by atoms with Crippen molar-refractivity contribution in [2.45, 2.75) is 44.8 Å². The predicted octanol–water partition coefficient (Wildman–Crippen LogP) is 4.20. The first-order valence-electron chi connectivity index (χ1n) is 9.21. The summed E-state index contributed by atoms with van der Waals surface area (Å²) in [6.45, 7) is 4.94. The number of benzene rings is 2. The molecule has 1 aliphatic heterocycles. The second-order valence-corrected chi connectivity index (χ2v) is 7.96. The lowest BCUT2D eigenvalue weighted by Gasteiger charge is -2.25. The average Bonchev–Trinajstić information content (AvgIpc) is 2.99. The fourth-order valence-electron chi connectivity index (χ4n) is 3.32. The van der Waals surface area contributed by atoms with E-state index in [4.69, 9.17) is 4.74 Å². The van der Waals surface area contributed by atoms with E-state index < -0.39 is 35.5 Å². The van der Waals surface area contributed by atoms with E-state index in [0.717, 1.165) is 11.1 Å². The molecule has 1 fully saturated rings. The highest BCUT2D eigenvalue weighted by molar-refractivity contribution is 6.02. The molecule has 1 N–H and O–H groups in total. The van der Waals surface area contributed by atoms with Crippen molar-refractivity contribution in [2.75, 3.05) is 0 Å². The first kappa shape index (κ1) is 20.5. The summed E-state index contributed by atoms with van der Waals surface area (Å²) < 4.78 is 18.3. The molecule has 0 aliphatic carbocycles. The number of aliphatic carboxylic acids is 1. The number of hydrogen-bond acceptors (Lipinski definition) is 4. The third-order valence-corrected chi connectivity index (χ3v) is 4.67. The molecule has 2 aromatic carbocycles. The minimum Gasteiger partial charge on any atom is -0.480 e. The monoisotopic (exact) mass is 399 g/mol. The van der Waals surface area contributed by atoms with Crippen molar-refractivity contribution in [3.63, 3.8) is 0 Å². The van der Waals surface area contributed by atoms with E-state index in [9.17, 15) is 23.9 Å². The molecule has 2 amide bonds. The standard InChI is InChI=1S/C22H22FNO5/c1-22(2,3)29-21(28)24-18(20(26)27)12-17(19(24)25)15-6-4-13(5-7-15)14-8-10-16(23)11-9-14/h4-11,17-18H,12H2,1-3H3,(H,26,27)/t17-,18+/m0/s1. The van der Waals surface area contributed by atoms with Crippen molar-refractivity contribution >= 4 is 18.0 Å². The molecule has 0 radical (unpaired) electrons. The maximum absolute atomic E-state index is 13.1. The molecule has 1 aliphatic rings. The number of imide groups is 1. The topological polar surface area (TPSA) is 83.9 Å². The Hall–Kier alpha value is -3.22. The lowest BCUT2D eigenvalue weighted by atomic mass is 9.93. The molecule has 1 saturated heterocycles. The summed E-state index contributed by atoms with van der Waals surface area (Å²) in [6, 6.07) is 11.7. The lowest BCUT2D eigenvalue weighted by Crippen LogP contribution is -2.45. The van der Waals surface area contributed by atoms with E-state index >= 15 is 0 Å². The average molecular weight is 399 g/mol. The first-order valence-corrected chi connectivity index (χ1v) is 9.21. The summed E-state index contributed by atoms with van der Waals surface area (Å²) in [5.41, 5.74) is 1.40. The highest BCUT2D eigenvalue weighted by atomic mass is 19.1. The van der Waals surface area contributed by atoms with Gasteiger partial charge in [0.2, 0.25) is 5.91 Å². The van der Waals surface area contributed by atoms with Crippen LogP contribution in [0.4, 0.5) is 9.18 Å². The maximum Gasteiger partial charge on any atom is 0.417 e. The number of hydrogen-bond donors (Lipinski definition) is 1. The number of halogens is 1. The zero-order valence-electron chi connectivity index (χ0n) is 16.4. The Balaban J connectivity index is 1.85. The molecule has 7 heteroatoms. The van der Waals surface area contributed by atoms with Gasteiger partial charge in [-0.2, -0.15) is 0 Å². The van der Waals surface area contributed by atoms with Crippen LogP contribution in [-0.2, 0) is 14.3 Å². The lowest BCUT2D eigenvalue weighted by molar-refractivity contribution is -0.145. The summed E-state index contributed by atoms with van der Waals surface area (Å²) in [7, 11) is 0. The molecular formula is C22H22FNO5. The zero-order valence-corrected chi connectivity index (χ0v) is 16.4. The highest BCUT2D eigenvalue weighted by Gasteiger charge is 2.48. The molecule has 0 spiro atoms. The van der Waals surface area contributed by atoms with Gasteiger partial charge < -0.3 is 9.84 Å². The van der Waals surface area contributed by atoms with Gasteiger partial charge in [-0.15, -0.1) is 0 Å². The van der Waals surface area contributed by atoms with Gasteiger partial charge in [0, 0.05) is 0 Å². The van der Waals surface area contributed by atoms with Crippen LogP contribution in [0.15, 0.2) is 48.5 Å². The summed E-state index contributed by atoms with van der Waals surface area (Å²) >= 11 is 0. The van der Waals surface area contributed by atoms with Crippen LogP contribution in [0.1, 0.15) is 38.7 Å². The Bertz CT molecular complexity index is 931. The summed E-state index contributed by atoms with van der Waals surface area (Å²) in [5, 5.41) is 9.50. The van der Waals surface area contributed by atoms with Gasteiger partial charge in [-0.05, 0) is 56.0 Å². The largest absolute Gasteiger partial charge is 0.480 e. The third-order valence-electron chi connectivity index (χ3n) is 4.67. The molecule has 6 nitrogen and oxygen atoms in total. The molecule has 2 aromatic rings. The van der Waals surface area contributed by atoms with E-state index in [-0.39, 0.29) is 12.2 Å². The molecule has 0 bridgehead atoms. The number of carboxylic acid groups (broad SMARTS) is 1. The number of likely N-dealkylation sites (tertiary alicyclic amines) is 1. The number of amides is 2. The number of carboxylic acids is 1. The predicted molar refractivity (Wildman–Crippen MR) is 104 cm³/mol. The highest BCUT2D eigenvalue weighted by Crippen LogP contribution is 2.35. The van der Waals surface area contributed by atoms with Gasteiger partial charge in [0.25, 0.3) is 0 Å². The van der Waals surface area contributed by atoms with Gasteiger partial charge in [0.05, 0.1) is 5.92 Å². The van der Waals surface area contributed by atoms with Gasteiger partial charge in [-0.1, -0.05) is 36.4 Å². The summed E-state index contributed by atoms with van der Waals surface area (Å²) in [5.74, 6) is -2.94. The number of nitrogens with zero attached hydrogens (tertiary/aromatic N) is 1. The van der Waals surface area contributed by atoms with Crippen molar-refractivity contribution in [2.24, 2.45) is 0 Å². The molecule has 0 unspecified atom stereocenters. The third kappa shape index (κ3) is 4.45. The number of rotatable bonds is 3. The molecule has 152 valence electrons. The molecule has 0 saturated carbocycles. The molecule has 3 rings (SSSR count). The molecule has 1 heterocycles. The van der Waals surface area contributed by atoms with Crippen LogP contribution in [-0.4, -0.2) is 39.6 Å². The van der Waals surface area contributed by atoms with Crippen LogP contribution in [0.5, 0.6) is 0 Å². The Labute approximate surface area is 167 Å². The van der Waals surface area contributed by atoms with E-state index in [1.54, 1.807) is 57.2 Å². The van der Waals surface area contributed by atoms with Gasteiger partial charge in [0.1, 0.15) is 17.5 Å². The summed E-state index contributed by atoms with van der Waals surface area (Å²) in [6.07, 6.45) is -0.983. The Kier molecular flexibility index (Phi) is 5.42. The first-order chi connectivity index (χ1) is 13.6. The van der Waals surface area contributed by atoms with E-state index in [2.05, 4.69) is 0 Å². The Morgan fingerprint density at radius 3 is 2.03 bits per heavy atom. The second kappa shape index (κ2) is 7.66. The second-order valence-electron chi connectivity index (χ2n) is 7.96. The minimum absolute atomic E-state index is 0.0245. The van der Waals surface area contributed by atoms with Gasteiger partial charge in [-0.3, -0.25) is 4.79 Å². The van der Waals surface area contributed by atoms with Crippen molar-refractivity contribution in [1.29, 1.82) is 0 Å². The maximum atomic E-state index is 13.1. The van der Waals surface area contributed by atoms with Crippen LogP contribution >= 0.6 is 0 Å². The van der Waals surface area contributed by atoms with Gasteiger partial charge in [0.15, 0.2) is 0 Å². The number of carbonyl (C=O) groups is 3. The molecule has 2 atom stereocenters. The molecule has 29 heavy (non-hydrogen) atoms. The van der Waals surface area contributed by atoms with Crippen molar-refractivity contribution in [1.82, 2.24) is 4.90 Å². The molecular weight excluding hydrogens is 377 g/mol. The zero-order chi connectivity index (χ0) is 21.3. The van der Waals surface area contributed by atoms with Crippen molar-refractivity contribution < 1.29 is 28.6 Å². The van der Waals surface area contributed by atoms with Crippen molar-refractivity contribution in [3.05, 3.63) is 59.9 Å². The minimum atomic E-state index is -1.28. The number of ether oxygens (including phenoxy) is 1. The molecule has 0 aromatic heterocycles. The fraction of sp³-hybridized carbons (Fsp3) is 0.318. The van der Waals surface area contributed by atoms with Crippen LogP contribution in [0, 0.1) is 5.82 Å². The van der Waals surface area contributed by atoms with E-state index in [1.165, 1.54) is 12.1 Å². The van der Waals surface area contributed by atoms with Crippen LogP contribution < -0.4 is 0 Å². The van der Waals surface area contributed by atoms with Gasteiger partial charge >= 0.3 is 12.1 Å². The fourth-order valence-corrected chi connectivity index (χ4v) is 3.32. The normalized spacial score (nSPS) is 19.3. The van der Waals surface area contributed by atoms with Gasteiger partial charge in [-0.25, -0.2) is 18.9 Å². The quantitative estimate of drug-likeness (QED) is 0.836. The SMILES string of the molecule is CC(C)(C)OC(=O)N1C(=O)[C@H](c2ccc(-c3ccc(F)cc3)cc2)C[C@@H]1C(=O)O. The van der Waals surface area contributed by atoms with Crippen LogP contribution in [0.3, 0.4) is 0 Å². The summed E-state index contributed by atoms with van der Waals surface area (Å²) in [4.78, 5) is 37.6. The van der Waals surface area contributed by atoms with E-state index in [0.29, 0.717) is 10.5 Å². The smallest absolute Gasteiger partial charge is 0.417 e. The Morgan fingerprint density at radius 1 is 1.03 bits per heavy atom. The van der Waals surface area contributed by atoms with E-state index in [1.807, 2.05) is 0 Å². The Morgan fingerprint density at radius 2 is 1.55 bits per heavy atom. The van der Waals surface area contributed by atoms with Crippen LogP contribution in [0.25, 0.3) is 11.1 Å². The number of carbonyl (C=O) groups excluding carboxylic acids is 2. The van der Waals surface area contributed by atoms with Crippen molar-refractivity contribution in [3.8, 4) is 11.1 Å². The van der Waals surface area contributed by atoms with Crippen LogP contribution in [0.2, 0.25) is 0 Å².